The van der Waals surface area contributed by atoms with Gasteiger partial charge < -0.3 is 15.5 Å². The van der Waals surface area contributed by atoms with Crippen LogP contribution in [0.15, 0.2) is 22.8 Å². The number of carbonyl (C=O) groups is 1. The Balaban J connectivity index is 2.34. The maximum absolute atomic E-state index is 10.5. The Morgan fingerprint density at radius 1 is 1.61 bits per heavy atom. The Morgan fingerprint density at radius 3 is 3.00 bits per heavy atom. The molecule has 0 radical (unpaired) electrons. The highest BCUT2D eigenvalue weighted by Crippen LogP contribution is 2.32. The fraction of sp³-hybridized carbons (Fsp3) is 0.273. The SMILES string of the molecule is CC(Cn1ncc2ccc(O)c(Br)c21)NC(=O)O. The predicted molar refractivity (Wildman–Crippen MR) is 69.7 cm³/mol. The number of hydrogen-bond acceptors (Lipinski definition) is 3. The third-order valence-electron chi connectivity index (χ3n) is 2.54. The third-order valence-corrected chi connectivity index (χ3v) is 3.32. The number of carboxylic acid groups (broad SMARTS) is 1. The zero-order valence-corrected chi connectivity index (χ0v) is 11.2. The molecule has 3 N–H and O–H groups in total. The molecule has 1 heterocycles. The molecule has 0 saturated carbocycles. The van der Waals surface area contributed by atoms with Crippen LogP contribution in [0.3, 0.4) is 0 Å². The van der Waals surface area contributed by atoms with E-state index in [1.54, 1.807) is 29.9 Å². The summed E-state index contributed by atoms with van der Waals surface area (Å²) in [6.45, 7) is 2.14. The molecule has 0 fully saturated rings. The smallest absolute Gasteiger partial charge is 0.404 e. The van der Waals surface area contributed by atoms with Crippen LogP contribution < -0.4 is 5.32 Å². The number of aromatic nitrogens is 2. The lowest BCUT2D eigenvalue weighted by Gasteiger charge is -2.12. The molecule has 1 unspecified atom stereocenters. The highest BCUT2D eigenvalue weighted by atomic mass is 79.9. The second-order valence-corrected chi connectivity index (χ2v) is 4.81. The minimum atomic E-state index is -1.07. The van der Waals surface area contributed by atoms with Gasteiger partial charge in [-0.25, -0.2) is 4.79 Å². The molecule has 0 aliphatic heterocycles. The number of rotatable bonds is 3. The summed E-state index contributed by atoms with van der Waals surface area (Å²) in [4.78, 5) is 10.5. The predicted octanol–water partition coefficient (Wildman–Crippen LogP) is 2.16. The van der Waals surface area contributed by atoms with Crippen LogP contribution in [0.2, 0.25) is 0 Å². The number of hydrogen-bond donors (Lipinski definition) is 3. The third kappa shape index (κ3) is 2.40. The van der Waals surface area contributed by atoms with E-state index in [1.807, 2.05) is 0 Å². The number of fused-ring (bicyclic) bond motifs is 1. The van der Waals surface area contributed by atoms with Gasteiger partial charge in [-0.2, -0.15) is 5.10 Å². The fourth-order valence-corrected chi connectivity index (χ4v) is 2.35. The monoisotopic (exact) mass is 313 g/mol. The van der Waals surface area contributed by atoms with Crippen molar-refractivity contribution in [1.29, 1.82) is 0 Å². The number of aromatic hydroxyl groups is 1. The van der Waals surface area contributed by atoms with Gasteiger partial charge in [0.2, 0.25) is 0 Å². The van der Waals surface area contributed by atoms with Gasteiger partial charge in [-0.3, -0.25) is 4.68 Å². The topological polar surface area (TPSA) is 87.4 Å². The van der Waals surface area contributed by atoms with Gasteiger partial charge >= 0.3 is 6.09 Å². The highest BCUT2D eigenvalue weighted by molar-refractivity contribution is 9.10. The van der Waals surface area contributed by atoms with Crippen LogP contribution in [0.4, 0.5) is 4.79 Å². The number of halogens is 1. The van der Waals surface area contributed by atoms with E-state index >= 15 is 0 Å². The maximum Gasteiger partial charge on any atom is 0.404 e. The van der Waals surface area contributed by atoms with Gasteiger partial charge in [-0.05, 0) is 35.0 Å². The first kappa shape index (κ1) is 12.7. The van der Waals surface area contributed by atoms with Crippen LogP contribution in [0.5, 0.6) is 5.75 Å². The molecule has 2 rings (SSSR count). The molecule has 1 aromatic carbocycles. The van der Waals surface area contributed by atoms with Crippen molar-refractivity contribution in [3.63, 3.8) is 0 Å². The summed E-state index contributed by atoms with van der Waals surface area (Å²) < 4.78 is 2.21. The summed E-state index contributed by atoms with van der Waals surface area (Å²) in [7, 11) is 0. The molecular weight excluding hydrogens is 302 g/mol. The van der Waals surface area contributed by atoms with Crippen molar-refractivity contribution < 1.29 is 15.0 Å². The van der Waals surface area contributed by atoms with Gasteiger partial charge in [0.05, 0.1) is 22.7 Å². The molecule has 1 amide bonds. The molecule has 0 bridgehead atoms. The van der Waals surface area contributed by atoms with Crippen molar-refractivity contribution in [3.8, 4) is 5.75 Å². The summed E-state index contributed by atoms with van der Waals surface area (Å²) in [5.41, 5.74) is 0.744. The lowest BCUT2D eigenvalue weighted by atomic mass is 10.2. The standard InChI is InChI=1S/C11H12BrN3O3/c1-6(14-11(17)18)5-15-10-7(4-13-15)2-3-8(16)9(10)12/h2-4,6,14,16H,5H2,1H3,(H,17,18). The molecule has 2 aromatic rings. The van der Waals surface area contributed by atoms with E-state index in [-0.39, 0.29) is 11.8 Å². The minimum Gasteiger partial charge on any atom is -0.507 e. The van der Waals surface area contributed by atoms with Crippen molar-refractivity contribution >= 4 is 32.9 Å². The van der Waals surface area contributed by atoms with Crippen molar-refractivity contribution in [2.75, 3.05) is 0 Å². The van der Waals surface area contributed by atoms with Crippen molar-refractivity contribution in [3.05, 3.63) is 22.8 Å². The average molecular weight is 314 g/mol. The maximum atomic E-state index is 10.5. The Labute approximate surface area is 111 Å². The molecule has 0 aliphatic carbocycles. The molecule has 0 saturated heterocycles. The number of benzene rings is 1. The van der Waals surface area contributed by atoms with Gasteiger partial charge in [0.25, 0.3) is 0 Å². The van der Waals surface area contributed by atoms with Crippen LogP contribution in [-0.2, 0) is 6.54 Å². The molecule has 0 spiro atoms. The second kappa shape index (κ2) is 4.85. The zero-order chi connectivity index (χ0) is 13.3. The molecule has 6 nitrogen and oxygen atoms in total. The summed E-state index contributed by atoms with van der Waals surface area (Å²) in [5.74, 6) is 0.128. The molecular formula is C11H12BrN3O3. The van der Waals surface area contributed by atoms with Crippen molar-refractivity contribution in [2.24, 2.45) is 0 Å². The van der Waals surface area contributed by atoms with E-state index in [0.717, 1.165) is 10.9 Å². The van der Waals surface area contributed by atoms with Gasteiger partial charge in [0.15, 0.2) is 0 Å². The number of nitrogens with one attached hydrogen (secondary N) is 1. The number of phenols is 1. The van der Waals surface area contributed by atoms with E-state index in [9.17, 15) is 9.90 Å². The molecule has 18 heavy (non-hydrogen) atoms. The molecule has 7 heteroatoms. The van der Waals surface area contributed by atoms with Gasteiger partial charge in [-0.15, -0.1) is 0 Å². The van der Waals surface area contributed by atoms with Crippen LogP contribution in [0.25, 0.3) is 10.9 Å². The summed E-state index contributed by atoms with van der Waals surface area (Å²) in [6, 6.07) is 3.06. The number of phenolic OH excluding ortho intramolecular Hbond substituents is 1. The van der Waals surface area contributed by atoms with E-state index in [0.29, 0.717) is 11.0 Å². The first-order valence-corrected chi connectivity index (χ1v) is 6.10. The first-order valence-electron chi connectivity index (χ1n) is 5.31. The Hall–Kier alpha value is -1.76. The average Bonchev–Trinajstić information content (AvgIpc) is 2.66. The first-order chi connectivity index (χ1) is 8.49. The van der Waals surface area contributed by atoms with E-state index < -0.39 is 6.09 Å². The van der Waals surface area contributed by atoms with Crippen LogP contribution in [-0.4, -0.2) is 32.1 Å². The fourth-order valence-electron chi connectivity index (χ4n) is 1.78. The van der Waals surface area contributed by atoms with Gasteiger partial charge in [-0.1, -0.05) is 0 Å². The van der Waals surface area contributed by atoms with Crippen molar-refractivity contribution in [2.45, 2.75) is 19.5 Å². The van der Waals surface area contributed by atoms with Crippen LogP contribution in [0, 0.1) is 0 Å². The lowest BCUT2D eigenvalue weighted by Crippen LogP contribution is -2.34. The largest absolute Gasteiger partial charge is 0.507 e. The molecule has 0 aliphatic rings. The quantitative estimate of drug-likeness (QED) is 0.810. The van der Waals surface area contributed by atoms with E-state index in [2.05, 4.69) is 26.3 Å². The Bertz CT molecular complexity index is 596. The van der Waals surface area contributed by atoms with Gasteiger partial charge in [0, 0.05) is 11.4 Å². The van der Waals surface area contributed by atoms with Crippen LogP contribution >= 0.6 is 15.9 Å². The summed E-state index contributed by atoms with van der Waals surface area (Å²) >= 11 is 3.30. The summed E-state index contributed by atoms with van der Waals surface area (Å²) in [6.07, 6.45) is 0.605. The lowest BCUT2D eigenvalue weighted by molar-refractivity contribution is 0.189. The highest BCUT2D eigenvalue weighted by Gasteiger charge is 2.13. The van der Waals surface area contributed by atoms with Crippen molar-refractivity contribution in [1.82, 2.24) is 15.1 Å². The zero-order valence-electron chi connectivity index (χ0n) is 9.59. The molecule has 96 valence electrons. The molecule has 1 aromatic heterocycles. The Kier molecular flexibility index (Phi) is 3.42. The van der Waals surface area contributed by atoms with E-state index in [4.69, 9.17) is 5.11 Å². The van der Waals surface area contributed by atoms with E-state index in [1.165, 1.54) is 0 Å². The Morgan fingerprint density at radius 2 is 2.33 bits per heavy atom. The number of nitrogens with zero attached hydrogens (tertiary/aromatic N) is 2. The normalized spacial score (nSPS) is 12.6. The van der Waals surface area contributed by atoms with Crippen LogP contribution in [0.1, 0.15) is 6.92 Å². The minimum absolute atomic E-state index is 0.128. The molecule has 1 atom stereocenters. The second-order valence-electron chi connectivity index (χ2n) is 4.01. The number of amides is 1. The van der Waals surface area contributed by atoms with Gasteiger partial charge in [0.1, 0.15) is 5.75 Å². The summed E-state index contributed by atoms with van der Waals surface area (Å²) in [5, 5.41) is 25.7.